The van der Waals surface area contributed by atoms with Crippen LogP contribution in [0.2, 0.25) is 10.0 Å². The van der Waals surface area contributed by atoms with Crippen LogP contribution in [-0.4, -0.2) is 66.3 Å². The van der Waals surface area contributed by atoms with E-state index in [0.717, 1.165) is 38.1 Å². The molecule has 0 spiro atoms. The van der Waals surface area contributed by atoms with Crippen molar-refractivity contribution in [3.63, 3.8) is 0 Å². The van der Waals surface area contributed by atoms with Gasteiger partial charge in [-0.1, -0.05) is 35.3 Å². The molecule has 1 heterocycles. The van der Waals surface area contributed by atoms with Gasteiger partial charge in [-0.2, -0.15) is 13.2 Å². The number of hydrogen-bond acceptors (Lipinski definition) is 3. The first kappa shape index (κ1) is 31.2. The number of alkyl halides is 3. The number of nitrogens with zero attached hydrogens (tertiary/aromatic N) is 3. The molecule has 0 saturated carbocycles. The van der Waals surface area contributed by atoms with Gasteiger partial charge in [-0.25, -0.2) is 4.39 Å². The van der Waals surface area contributed by atoms with E-state index < -0.39 is 23.0 Å². The maximum atomic E-state index is 13.9. The number of amides is 2. The van der Waals surface area contributed by atoms with Crippen molar-refractivity contribution in [3.05, 3.63) is 69.0 Å². The molecule has 0 radical (unpaired) electrons. The molecule has 2 amide bonds. The molecule has 39 heavy (non-hydrogen) atoms. The summed E-state index contributed by atoms with van der Waals surface area (Å²) in [7, 11) is 3.31. The van der Waals surface area contributed by atoms with Crippen molar-refractivity contribution in [2.75, 3.05) is 33.7 Å². The van der Waals surface area contributed by atoms with Gasteiger partial charge in [0.05, 0.1) is 21.0 Å². The van der Waals surface area contributed by atoms with Crippen molar-refractivity contribution in [1.82, 2.24) is 14.7 Å². The molecule has 1 atom stereocenters. The van der Waals surface area contributed by atoms with Crippen molar-refractivity contribution in [1.29, 1.82) is 0 Å². The van der Waals surface area contributed by atoms with Crippen LogP contribution in [0.25, 0.3) is 0 Å². The van der Waals surface area contributed by atoms with E-state index in [1.165, 1.54) is 18.0 Å². The fraction of sp³-hybridized carbons (Fsp3) is 0.500. The van der Waals surface area contributed by atoms with Crippen LogP contribution in [0.4, 0.5) is 17.6 Å². The van der Waals surface area contributed by atoms with Crippen LogP contribution in [0.1, 0.15) is 49.8 Å². The quantitative estimate of drug-likeness (QED) is 0.335. The number of likely N-dealkylation sites (tertiary alicyclic amines) is 1. The van der Waals surface area contributed by atoms with E-state index in [1.807, 2.05) is 0 Å². The van der Waals surface area contributed by atoms with E-state index in [-0.39, 0.29) is 35.0 Å². The van der Waals surface area contributed by atoms with Gasteiger partial charge in [-0.15, -0.1) is 0 Å². The number of halogens is 6. The maximum Gasteiger partial charge on any atom is 0.419 e. The molecule has 1 aliphatic rings. The van der Waals surface area contributed by atoms with Gasteiger partial charge in [0.25, 0.3) is 0 Å². The van der Waals surface area contributed by atoms with Crippen molar-refractivity contribution >= 4 is 35.0 Å². The summed E-state index contributed by atoms with van der Waals surface area (Å²) in [5.74, 6) is -1.65. The van der Waals surface area contributed by atoms with Gasteiger partial charge >= 0.3 is 6.18 Å². The molecular weight excluding hydrogens is 557 g/mol. The second kappa shape index (κ2) is 12.4. The Bertz CT molecular complexity index is 1200. The monoisotopic (exact) mass is 589 g/mol. The van der Waals surface area contributed by atoms with Crippen LogP contribution in [0.3, 0.4) is 0 Å². The first-order valence-electron chi connectivity index (χ1n) is 12.7. The van der Waals surface area contributed by atoms with Crippen LogP contribution < -0.4 is 0 Å². The molecule has 0 aliphatic carbocycles. The topological polar surface area (TPSA) is 43.9 Å². The zero-order valence-electron chi connectivity index (χ0n) is 22.4. The molecule has 1 saturated heterocycles. The molecule has 0 bridgehead atoms. The zero-order chi connectivity index (χ0) is 29.1. The Morgan fingerprint density at radius 2 is 1.67 bits per heavy atom. The van der Waals surface area contributed by atoms with Crippen LogP contribution >= 0.6 is 23.2 Å². The number of likely N-dealkylation sites (N-methyl/N-ethyl adjacent to an activating group) is 1. The Labute approximate surface area is 236 Å². The van der Waals surface area contributed by atoms with Gasteiger partial charge in [0.2, 0.25) is 11.8 Å². The highest BCUT2D eigenvalue weighted by atomic mass is 35.5. The fourth-order valence-corrected chi connectivity index (χ4v) is 5.34. The second-order valence-electron chi connectivity index (χ2n) is 10.4. The van der Waals surface area contributed by atoms with Crippen LogP contribution in [0.15, 0.2) is 36.4 Å². The Balaban J connectivity index is 1.81. The minimum Gasteiger partial charge on any atom is -0.343 e. The highest BCUT2D eigenvalue weighted by Crippen LogP contribution is 2.36. The lowest BCUT2D eigenvalue weighted by atomic mass is 9.77. The SMILES string of the molecule is CC(=O)N(C)C1CCN(CC[C@](C)(C(=O)N(C)Cc2ccc(F)c(C(F)(F)F)c2)c2ccc(Cl)c(Cl)c2)CC1. The van der Waals surface area contributed by atoms with Crippen molar-refractivity contribution in [3.8, 4) is 0 Å². The van der Waals surface area contributed by atoms with Crippen molar-refractivity contribution in [2.24, 2.45) is 0 Å². The van der Waals surface area contributed by atoms with Crippen LogP contribution in [-0.2, 0) is 27.7 Å². The molecule has 0 N–H and O–H groups in total. The molecule has 2 aromatic rings. The number of rotatable bonds is 8. The van der Waals surface area contributed by atoms with E-state index in [2.05, 4.69) is 4.90 Å². The van der Waals surface area contributed by atoms with Gasteiger partial charge in [-0.3, -0.25) is 9.59 Å². The third kappa shape index (κ3) is 7.44. The molecule has 11 heteroatoms. The Kier molecular flexibility index (Phi) is 9.94. The van der Waals surface area contributed by atoms with Gasteiger partial charge in [0.15, 0.2) is 0 Å². The largest absolute Gasteiger partial charge is 0.419 e. The molecule has 0 aromatic heterocycles. The molecule has 2 aromatic carbocycles. The summed E-state index contributed by atoms with van der Waals surface area (Å²) in [6.45, 7) is 5.31. The summed E-state index contributed by atoms with van der Waals surface area (Å²) in [5.41, 5.74) is -1.64. The average molecular weight is 590 g/mol. The van der Waals surface area contributed by atoms with Crippen LogP contribution in [0, 0.1) is 5.82 Å². The summed E-state index contributed by atoms with van der Waals surface area (Å²) in [4.78, 5) is 31.0. The lowest BCUT2D eigenvalue weighted by Crippen LogP contribution is -2.48. The minimum atomic E-state index is -4.84. The molecule has 214 valence electrons. The van der Waals surface area contributed by atoms with E-state index in [0.29, 0.717) is 23.6 Å². The van der Waals surface area contributed by atoms with E-state index in [4.69, 9.17) is 23.2 Å². The number of hydrogen-bond donors (Lipinski definition) is 0. The lowest BCUT2D eigenvalue weighted by molar-refractivity contribution is -0.140. The first-order chi connectivity index (χ1) is 18.1. The summed E-state index contributed by atoms with van der Waals surface area (Å²) in [6.07, 6.45) is -2.79. The van der Waals surface area contributed by atoms with E-state index in [1.54, 1.807) is 44.0 Å². The van der Waals surface area contributed by atoms with Crippen molar-refractivity contribution < 1.29 is 27.2 Å². The predicted molar refractivity (Wildman–Crippen MR) is 144 cm³/mol. The Morgan fingerprint density at radius 1 is 1.03 bits per heavy atom. The maximum absolute atomic E-state index is 13.9. The van der Waals surface area contributed by atoms with Crippen LogP contribution in [0.5, 0.6) is 0 Å². The molecule has 3 rings (SSSR count). The molecular formula is C28H33Cl2F4N3O2. The summed E-state index contributed by atoms with van der Waals surface area (Å²) < 4.78 is 53.4. The normalized spacial score (nSPS) is 16.6. The standard InChI is InChI=1S/C28H33Cl2F4N3O2/c1-18(38)36(4)21-9-12-37(13-10-21)14-11-27(2,20-6-7-23(29)24(30)16-20)26(39)35(3)17-19-5-8-25(31)22(15-19)28(32,33)34/h5-8,15-16,21H,9-14,17H2,1-4H3/t27-/m0/s1. The van der Waals surface area contributed by atoms with E-state index >= 15 is 0 Å². The lowest BCUT2D eigenvalue weighted by Gasteiger charge is -2.39. The van der Waals surface area contributed by atoms with Crippen molar-refractivity contribution in [2.45, 2.75) is 57.3 Å². The number of carbonyl (C=O) groups is 2. The van der Waals surface area contributed by atoms with Gasteiger partial charge in [-0.05, 0) is 68.1 Å². The third-order valence-corrected chi connectivity index (χ3v) is 8.40. The molecule has 0 unspecified atom stereocenters. The number of benzene rings is 2. The average Bonchev–Trinajstić information content (AvgIpc) is 2.88. The zero-order valence-corrected chi connectivity index (χ0v) is 23.9. The summed E-state index contributed by atoms with van der Waals surface area (Å²) in [6, 6.07) is 7.90. The second-order valence-corrected chi connectivity index (χ2v) is 11.2. The van der Waals surface area contributed by atoms with Gasteiger partial charge in [0.1, 0.15) is 5.82 Å². The first-order valence-corrected chi connectivity index (χ1v) is 13.4. The van der Waals surface area contributed by atoms with E-state index in [9.17, 15) is 27.2 Å². The highest BCUT2D eigenvalue weighted by molar-refractivity contribution is 6.42. The molecule has 1 aliphatic heterocycles. The molecule has 1 fully saturated rings. The Morgan fingerprint density at radius 3 is 2.23 bits per heavy atom. The smallest absolute Gasteiger partial charge is 0.343 e. The summed E-state index contributed by atoms with van der Waals surface area (Å²) in [5, 5.41) is 0.628. The molecule has 5 nitrogen and oxygen atoms in total. The number of carbonyl (C=O) groups excluding carboxylic acids is 2. The third-order valence-electron chi connectivity index (χ3n) is 7.66. The number of piperidine rings is 1. The van der Waals surface area contributed by atoms with Gasteiger partial charge < -0.3 is 14.7 Å². The fourth-order valence-electron chi connectivity index (χ4n) is 5.04. The minimum absolute atomic E-state index is 0.0257. The highest BCUT2D eigenvalue weighted by Gasteiger charge is 2.39. The summed E-state index contributed by atoms with van der Waals surface area (Å²) >= 11 is 12.4. The van der Waals surface area contributed by atoms with Gasteiger partial charge in [0, 0.05) is 46.7 Å². The Hall–Kier alpha value is -2.36. The predicted octanol–water partition coefficient (Wildman–Crippen LogP) is 6.40.